The molecule has 1 N–H and O–H groups in total. The van der Waals surface area contributed by atoms with Crippen LogP contribution in [0.1, 0.15) is 30.7 Å². The highest BCUT2D eigenvalue weighted by atomic mass is 35.5. The Morgan fingerprint density at radius 3 is 2.88 bits per heavy atom. The number of hydrogen-bond donors (Lipinski definition) is 1. The number of benzene rings is 1. The molecule has 17 heavy (non-hydrogen) atoms. The molecule has 4 nitrogen and oxygen atoms in total. The Balaban J connectivity index is 2.37. The third kappa shape index (κ3) is 2.48. The molecule has 0 spiro atoms. The molecule has 0 saturated heterocycles. The maximum absolute atomic E-state index is 9.67. The molecule has 1 heterocycles. The van der Waals surface area contributed by atoms with Crippen LogP contribution in [0.5, 0.6) is 0 Å². The molecule has 0 aliphatic rings. The van der Waals surface area contributed by atoms with Crippen LogP contribution >= 0.6 is 11.6 Å². The van der Waals surface area contributed by atoms with Gasteiger partial charge in [0, 0.05) is 5.02 Å². The smallest absolute Gasteiger partial charge is 0.112 e. The van der Waals surface area contributed by atoms with Gasteiger partial charge in [-0.3, -0.25) is 0 Å². The molecule has 0 aliphatic carbocycles. The van der Waals surface area contributed by atoms with E-state index in [1.54, 1.807) is 10.9 Å². The summed E-state index contributed by atoms with van der Waals surface area (Å²) in [6, 6.07) is 5.56. The van der Waals surface area contributed by atoms with Crippen LogP contribution in [0.15, 0.2) is 24.4 Å². The maximum Gasteiger partial charge on any atom is 0.112 e. The standard InChI is InChI=1S/C12H14ClN3O/c1-3-12(17)10-7-16(15-14-10)11-5-4-9(13)6-8(11)2/h4-7,12,17H,3H2,1-2H3. The van der Waals surface area contributed by atoms with Crippen LogP contribution in [0, 0.1) is 6.92 Å². The quantitative estimate of drug-likeness (QED) is 0.913. The molecular formula is C12H14ClN3O. The minimum Gasteiger partial charge on any atom is -0.387 e. The van der Waals surface area contributed by atoms with Gasteiger partial charge in [0.25, 0.3) is 0 Å². The van der Waals surface area contributed by atoms with E-state index in [0.29, 0.717) is 17.1 Å². The number of rotatable bonds is 3. The van der Waals surface area contributed by atoms with Gasteiger partial charge in [0.15, 0.2) is 0 Å². The van der Waals surface area contributed by atoms with Crippen molar-refractivity contribution in [2.75, 3.05) is 0 Å². The number of aliphatic hydroxyl groups is 1. The van der Waals surface area contributed by atoms with Crippen molar-refractivity contribution in [3.05, 3.63) is 40.7 Å². The second kappa shape index (κ2) is 4.85. The molecule has 0 saturated carbocycles. The molecule has 2 aromatic rings. The summed E-state index contributed by atoms with van der Waals surface area (Å²) < 4.78 is 1.65. The first kappa shape index (κ1) is 12.1. The number of aryl methyl sites for hydroxylation is 1. The highest BCUT2D eigenvalue weighted by Crippen LogP contribution is 2.20. The second-order valence-corrected chi connectivity index (χ2v) is 4.38. The highest BCUT2D eigenvalue weighted by molar-refractivity contribution is 6.30. The lowest BCUT2D eigenvalue weighted by atomic mass is 10.2. The lowest BCUT2D eigenvalue weighted by molar-refractivity contribution is 0.169. The van der Waals surface area contributed by atoms with Crippen LogP contribution in [0.2, 0.25) is 5.02 Å². The molecule has 1 unspecified atom stereocenters. The number of hydrogen-bond acceptors (Lipinski definition) is 3. The Bertz CT molecular complexity index is 524. The number of halogens is 1. The average Bonchev–Trinajstić information content (AvgIpc) is 2.77. The van der Waals surface area contributed by atoms with Gasteiger partial charge in [0.2, 0.25) is 0 Å². The van der Waals surface area contributed by atoms with Gasteiger partial charge in [-0.1, -0.05) is 23.7 Å². The third-order valence-electron chi connectivity index (χ3n) is 2.64. The lowest BCUT2D eigenvalue weighted by Gasteiger charge is -2.05. The lowest BCUT2D eigenvalue weighted by Crippen LogP contribution is -1.97. The summed E-state index contributed by atoms with van der Waals surface area (Å²) >= 11 is 5.90. The maximum atomic E-state index is 9.67. The fourth-order valence-electron chi connectivity index (χ4n) is 1.63. The Morgan fingerprint density at radius 2 is 2.24 bits per heavy atom. The van der Waals surface area contributed by atoms with Crippen LogP contribution in [0.25, 0.3) is 5.69 Å². The summed E-state index contributed by atoms with van der Waals surface area (Å²) in [6.07, 6.45) is 1.80. The predicted octanol–water partition coefficient (Wildman–Crippen LogP) is 2.67. The number of aromatic nitrogens is 3. The minimum absolute atomic E-state index is 0.559. The highest BCUT2D eigenvalue weighted by Gasteiger charge is 2.11. The third-order valence-corrected chi connectivity index (χ3v) is 2.88. The van der Waals surface area contributed by atoms with Crippen LogP contribution in [-0.2, 0) is 0 Å². The predicted molar refractivity (Wildman–Crippen MR) is 66.4 cm³/mol. The van der Waals surface area contributed by atoms with E-state index in [2.05, 4.69) is 10.3 Å². The summed E-state index contributed by atoms with van der Waals surface area (Å²) in [7, 11) is 0. The van der Waals surface area contributed by atoms with Crippen molar-refractivity contribution < 1.29 is 5.11 Å². The molecule has 1 aromatic carbocycles. The van der Waals surface area contributed by atoms with Gasteiger partial charge in [-0.05, 0) is 37.1 Å². The van der Waals surface area contributed by atoms with Gasteiger partial charge < -0.3 is 5.11 Å². The SMILES string of the molecule is CCC(O)c1cn(-c2ccc(Cl)cc2C)nn1. The fraction of sp³-hybridized carbons (Fsp3) is 0.333. The first-order valence-electron chi connectivity index (χ1n) is 5.48. The molecule has 0 amide bonds. The largest absolute Gasteiger partial charge is 0.387 e. The van der Waals surface area contributed by atoms with Gasteiger partial charge >= 0.3 is 0 Å². The van der Waals surface area contributed by atoms with E-state index in [0.717, 1.165) is 11.3 Å². The van der Waals surface area contributed by atoms with E-state index >= 15 is 0 Å². The number of nitrogens with zero attached hydrogens (tertiary/aromatic N) is 3. The summed E-state index contributed by atoms with van der Waals surface area (Å²) in [5, 5.41) is 18.3. The topological polar surface area (TPSA) is 50.9 Å². The summed E-state index contributed by atoms with van der Waals surface area (Å²) in [5.74, 6) is 0. The van der Waals surface area contributed by atoms with Crippen LogP contribution in [0.4, 0.5) is 0 Å². The Kier molecular flexibility index (Phi) is 3.45. The molecule has 0 aliphatic heterocycles. The molecular weight excluding hydrogens is 238 g/mol. The van der Waals surface area contributed by atoms with E-state index in [9.17, 15) is 5.11 Å². The van der Waals surface area contributed by atoms with Crippen molar-refractivity contribution in [3.63, 3.8) is 0 Å². The second-order valence-electron chi connectivity index (χ2n) is 3.94. The first-order valence-corrected chi connectivity index (χ1v) is 5.86. The number of aliphatic hydroxyl groups excluding tert-OH is 1. The molecule has 90 valence electrons. The first-order chi connectivity index (χ1) is 8.11. The van der Waals surface area contributed by atoms with Crippen LogP contribution < -0.4 is 0 Å². The van der Waals surface area contributed by atoms with Crippen molar-refractivity contribution in [2.45, 2.75) is 26.4 Å². The zero-order valence-electron chi connectivity index (χ0n) is 9.76. The van der Waals surface area contributed by atoms with Gasteiger partial charge in [0.05, 0.1) is 18.0 Å². The Labute approximate surface area is 105 Å². The normalized spacial score (nSPS) is 12.7. The van der Waals surface area contributed by atoms with Crippen molar-refractivity contribution in [2.24, 2.45) is 0 Å². The van der Waals surface area contributed by atoms with Crippen molar-refractivity contribution in [1.82, 2.24) is 15.0 Å². The van der Waals surface area contributed by atoms with Crippen molar-refractivity contribution in [3.8, 4) is 5.69 Å². The zero-order chi connectivity index (χ0) is 12.4. The monoisotopic (exact) mass is 251 g/mol. The molecule has 0 radical (unpaired) electrons. The van der Waals surface area contributed by atoms with E-state index in [1.807, 2.05) is 32.0 Å². The molecule has 0 fully saturated rings. The molecule has 5 heteroatoms. The van der Waals surface area contributed by atoms with Crippen molar-refractivity contribution >= 4 is 11.6 Å². The van der Waals surface area contributed by atoms with Gasteiger partial charge in [-0.15, -0.1) is 5.10 Å². The molecule has 1 aromatic heterocycles. The van der Waals surface area contributed by atoms with Crippen LogP contribution in [-0.4, -0.2) is 20.1 Å². The van der Waals surface area contributed by atoms with Crippen LogP contribution in [0.3, 0.4) is 0 Å². The van der Waals surface area contributed by atoms with Crippen molar-refractivity contribution in [1.29, 1.82) is 0 Å². The van der Waals surface area contributed by atoms with Gasteiger partial charge in [-0.2, -0.15) is 0 Å². The zero-order valence-corrected chi connectivity index (χ0v) is 10.5. The minimum atomic E-state index is -0.559. The molecule has 1 atom stereocenters. The fourth-order valence-corrected chi connectivity index (χ4v) is 1.86. The average molecular weight is 252 g/mol. The Morgan fingerprint density at radius 1 is 1.47 bits per heavy atom. The van der Waals surface area contributed by atoms with E-state index in [1.165, 1.54) is 0 Å². The summed E-state index contributed by atoms with van der Waals surface area (Å²) in [6.45, 7) is 3.86. The molecule has 2 rings (SSSR count). The van der Waals surface area contributed by atoms with E-state index in [4.69, 9.17) is 11.6 Å². The Hall–Kier alpha value is -1.39. The van der Waals surface area contributed by atoms with E-state index in [-0.39, 0.29) is 0 Å². The van der Waals surface area contributed by atoms with Gasteiger partial charge in [-0.25, -0.2) is 4.68 Å². The van der Waals surface area contributed by atoms with E-state index < -0.39 is 6.10 Å². The van der Waals surface area contributed by atoms with Gasteiger partial charge in [0.1, 0.15) is 5.69 Å². The summed E-state index contributed by atoms with van der Waals surface area (Å²) in [5.41, 5.74) is 2.51. The molecule has 0 bridgehead atoms. The summed E-state index contributed by atoms with van der Waals surface area (Å²) in [4.78, 5) is 0.